The van der Waals surface area contributed by atoms with Crippen LogP contribution in [0.3, 0.4) is 0 Å². The van der Waals surface area contributed by atoms with Crippen molar-refractivity contribution in [1.29, 1.82) is 0 Å². The number of nitrogens with one attached hydrogen (secondary N) is 1. The zero-order valence-corrected chi connectivity index (χ0v) is 15.5. The van der Waals surface area contributed by atoms with Crippen LogP contribution in [0, 0.1) is 0 Å². The van der Waals surface area contributed by atoms with Gasteiger partial charge in [-0.25, -0.2) is 9.86 Å². The summed E-state index contributed by atoms with van der Waals surface area (Å²) in [5, 5.41) is 13.4. The van der Waals surface area contributed by atoms with E-state index in [2.05, 4.69) is 17.4 Å². The van der Waals surface area contributed by atoms with Crippen molar-refractivity contribution in [2.24, 2.45) is 0 Å². The number of benzene rings is 2. The number of anilines is 1. The van der Waals surface area contributed by atoms with Crippen LogP contribution >= 0.6 is 0 Å². The number of carbonyl (C=O) groups is 1. The SMILES string of the molecule is CCC(CC)N(O)C(=O)Nc1ccc(OCCCc2ccccc2)cc1. The largest absolute Gasteiger partial charge is 0.494 e. The smallest absolute Gasteiger partial charge is 0.345 e. The van der Waals surface area contributed by atoms with Crippen LogP contribution in [0.2, 0.25) is 0 Å². The Morgan fingerprint density at radius 3 is 2.35 bits per heavy atom. The quantitative estimate of drug-likeness (QED) is 0.373. The van der Waals surface area contributed by atoms with Gasteiger partial charge in [-0.3, -0.25) is 5.21 Å². The van der Waals surface area contributed by atoms with Gasteiger partial charge in [-0.15, -0.1) is 0 Å². The fraction of sp³-hybridized carbons (Fsp3) is 0.381. The molecule has 0 aliphatic carbocycles. The first-order valence-electron chi connectivity index (χ1n) is 9.20. The normalized spacial score (nSPS) is 10.6. The Kier molecular flexibility index (Phi) is 7.96. The Labute approximate surface area is 155 Å². The molecule has 5 nitrogen and oxygen atoms in total. The Balaban J connectivity index is 1.76. The van der Waals surface area contributed by atoms with E-state index in [0.29, 0.717) is 25.1 Å². The van der Waals surface area contributed by atoms with Gasteiger partial charge >= 0.3 is 6.03 Å². The van der Waals surface area contributed by atoms with Crippen LogP contribution in [-0.2, 0) is 6.42 Å². The third-order valence-electron chi connectivity index (χ3n) is 4.32. The molecule has 2 aromatic carbocycles. The molecule has 0 heterocycles. The van der Waals surface area contributed by atoms with Crippen LogP contribution in [0.25, 0.3) is 0 Å². The number of hydrogen-bond acceptors (Lipinski definition) is 3. The summed E-state index contributed by atoms with van der Waals surface area (Å²) in [6.07, 6.45) is 3.33. The highest BCUT2D eigenvalue weighted by atomic mass is 16.5. The van der Waals surface area contributed by atoms with E-state index >= 15 is 0 Å². The topological polar surface area (TPSA) is 61.8 Å². The Morgan fingerprint density at radius 2 is 1.73 bits per heavy atom. The van der Waals surface area contributed by atoms with Gasteiger partial charge in [0.1, 0.15) is 5.75 Å². The number of ether oxygens (including phenoxy) is 1. The summed E-state index contributed by atoms with van der Waals surface area (Å²) in [5.41, 5.74) is 1.93. The summed E-state index contributed by atoms with van der Waals surface area (Å²) in [6, 6.07) is 16.8. The lowest BCUT2D eigenvalue weighted by atomic mass is 10.1. The van der Waals surface area contributed by atoms with Gasteiger partial charge in [0, 0.05) is 5.69 Å². The Hall–Kier alpha value is -2.53. The van der Waals surface area contributed by atoms with Crippen molar-refractivity contribution in [3.63, 3.8) is 0 Å². The number of nitrogens with zero attached hydrogens (tertiary/aromatic N) is 1. The number of urea groups is 1. The molecule has 2 aromatic rings. The van der Waals surface area contributed by atoms with Crippen LogP contribution in [-0.4, -0.2) is 29.0 Å². The van der Waals surface area contributed by atoms with Gasteiger partial charge in [0.15, 0.2) is 0 Å². The van der Waals surface area contributed by atoms with E-state index in [1.54, 1.807) is 12.1 Å². The molecule has 0 aliphatic rings. The second-order valence-electron chi connectivity index (χ2n) is 6.21. The molecule has 0 aliphatic heterocycles. The number of amides is 2. The van der Waals surface area contributed by atoms with Gasteiger partial charge in [0.05, 0.1) is 12.6 Å². The van der Waals surface area contributed by atoms with E-state index in [9.17, 15) is 10.0 Å². The molecule has 5 heteroatoms. The first kappa shape index (κ1) is 19.8. The van der Waals surface area contributed by atoms with Gasteiger partial charge < -0.3 is 10.1 Å². The molecule has 140 valence electrons. The van der Waals surface area contributed by atoms with E-state index in [1.807, 2.05) is 44.2 Å². The van der Waals surface area contributed by atoms with Crippen molar-refractivity contribution >= 4 is 11.7 Å². The molecule has 0 aromatic heterocycles. The van der Waals surface area contributed by atoms with E-state index in [4.69, 9.17) is 4.74 Å². The van der Waals surface area contributed by atoms with Crippen molar-refractivity contribution < 1.29 is 14.7 Å². The monoisotopic (exact) mass is 356 g/mol. The lowest BCUT2D eigenvalue weighted by molar-refractivity contribution is -0.0747. The van der Waals surface area contributed by atoms with Crippen molar-refractivity contribution in [1.82, 2.24) is 5.06 Å². The molecule has 0 bridgehead atoms. The highest BCUT2D eigenvalue weighted by Gasteiger charge is 2.18. The standard InChI is InChI=1S/C21H28N2O3/c1-3-19(4-2)23(25)21(24)22-18-12-14-20(15-13-18)26-16-8-11-17-9-6-5-7-10-17/h5-7,9-10,12-15,19,25H,3-4,8,11,16H2,1-2H3,(H,22,24). The van der Waals surface area contributed by atoms with Crippen LogP contribution < -0.4 is 10.1 Å². The van der Waals surface area contributed by atoms with E-state index < -0.39 is 6.03 Å². The van der Waals surface area contributed by atoms with Gasteiger partial charge in [-0.05, 0) is 55.5 Å². The zero-order chi connectivity index (χ0) is 18.8. The number of rotatable bonds is 9. The average Bonchev–Trinajstić information content (AvgIpc) is 2.68. The van der Waals surface area contributed by atoms with Gasteiger partial charge in [-0.2, -0.15) is 0 Å². The van der Waals surface area contributed by atoms with Crippen molar-refractivity contribution in [3.8, 4) is 5.75 Å². The molecule has 0 fully saturated rings. The molecule has 0 spiro atoms. The van der Waals surface area contributed by atoms with Crippen LogP contribution in [0.1, 0.15) is 38.7 Å². The van der Waals surface area contributed by atoms with E-state index in [1.165, 1.54) is 5.56 Å². The maximum atomic E-state index is 12.0. The fourth-order valence-corrected chi connectivity index (χ4v) is 2.73. The summed E-state index contributed by atoms with van der Waals surface area (Å²) >= 11 is 0. The number of hydroxylamine groups is 2. The van der Waals surface area contributed by atoms with E-state index in [0.717, 1.165) is 23.7 Å². The molecule has 26 heavy (non-hydrogen) atoms. The molecule has 2 amide bonds. The molecular weight excluding hydrogens is 328 g/mol. The fourth-order valence-electron chi connectivity index (χ4n) is 2.73. The van der Waals surface area contributed by atoms with Gasteiger partial charge in [-0.1, -0.05) is 44.2 Å². The van der Waals surface area contributed by atoms with Crippen molar-refractivity contribution in [3.05, 3.63) is 60.2 Å². The summed E-state index contributed by atoms with van der Waals surface area (Å²) in [6.45, 7) is 4.52. The second kappa shape index (κ2) is 10.5. The summed E-state index contributed by atoms with van der Waals surface area (Å²) in [4.78, 5) is 12.0. The third-order valence-corrected chi connectivity index (χ3v) is 4.32. The van der Waals surface area contributed by atoms with Gasteiger partial charge in [0.25, 0.3) is 0 Å². The minimum absolute atomic E-state index is 0.178. The molecule has 0 unspecified atom stereocenters. The average molecular weight is 356 g/mol. The molecule has 0 radical (unpaired) electrons. The molecule has 0 atom stereocenters. The van der Waals surface area contributed by atoms with Crippen LogP contribution in [0.4, 0.5) is 10.5 Å². The second-order valence-corrected chi connectivity index (χ2v) is 6.21. The maximum Gasteiger partial charge on any atom is 0.345 e. The summed E-state index contributed by atoms with van der Waals surface area (Å²) < 4.78 is 5.74. The van der Waals surface area contributed by atoms with E-state index in [-0.39, 0.29) is 6.04 Å². The first-order chi connectivity index (χ1) is 12.6. The molecule has 0 saturated heterocycles. The number of aryl methyl sites for hydroxylation is 1. The Morgan fingerprint density at radius 1 is 1.08 bits per heavy atom. The first-order valence-corrected chi connectivity index (χ1v) is 9.20. The lowest BCUT2D eigenvalue weighted by Crippen LogP contribution is -2.39. The van der Waals surface area contributed by atoms with Gasteiger partial charge in [0.2, 0.25) is 0 Å². The highest BCUT2D eigenvalue weighted by Crippen LogP contribution is 2.17. The zero-order valence-electron chi connectivity index (χ0n) is 15.5. The van der Waals surface area contributed by atoms with Crippen molar-refractivity contribution in [2.45, 2.75) is 45.6 Å². The predicted octanol–water partition coefficient (Wildman–Crippen LogP) is 5.11. The van der Waals surface area contributed by atoms with Crippen molar-refractivity contribution in [2.75, 3.05) is 11.9 Å². The summed E-state index contributed by atoms with van der Waals surface area (Å²) in [5.74, 6) is 0.761. The number of carbonyl (C=O) groups excluding carboxylic acids is 1. The molecule has 2 rings (SSSR count). The molecule has 0 saturated carbocycles. The minimum atomic E-state index is -0.518. The van der Waals surface area contributed by atoms with Crippen LogP contribution in [0.15, 0.2) is 54.6 Å². The summed E-state index contributed by atoms with van der Waals surface area (Å²) in [7, 11) is 0. The number of hydrogen-bond donors (Lipinski definition) is 2. The third kappa shape index (κ3) is 6.08. The molecule has 2 N–H and O–H groups in total. The van der Waals surface area contributed by atoms with Crippen LogP contribution in [0.5, 0.6) is 5.75 Å². The molecular formula is C21H28N2O3. The predicted molar refractivity (Wildman–Crippen MR) is 104 cm³/mol. The maximum absolute atomic E-state index is 12.0. The highest BCUT2D eigenvalue weighted by molar-refractivity contribution is 5.88. The lowest BCUT2D eigenvalue weighted by Gasteiger charge is -2.23. The Bertz CT molecular complexity index is 655. The minimum Gasteiger partial charge on any atom is -0.494 e.